The van der Waals surface area contributed by atoms with Crippen molar-refractivity contribution in [1.29, 1.82) is 0 Å². The number of imidazole rings is 1. The number of para-hydroxylation sites is 4. The molecule has 0 amide bonds. The Bertz CT molecular complexity index is 3110. The molecule has 0 saturated heterocycles. The molecule has 0 aliphatic heterocycles. The lowest BCUT2D eigenvalue weighted by atomic mass is 9.82. The Balaban J connectivity index is 1.03. The van der Waals surface area contributed by atoms with Gasteiger partial charge >= 0.3 is 0 Å². The second-order valence-electron chi connectivity index (χ2n) is 16.1. The van der Waals surface area contributed by atoms with E-state index in [1.807, 2.05) is 0 Å². The molecule has 9 aromatic carbocycles. The third kappa shape index (κ3) is 5.96. The van der Waals surface area contributed by atoms with Crippen molar-refractivity contribution in [2.45, 2.75) is 19.3 Å². The fourth-order valence-electron chi connectivity index (χ4n) is 9.18. The van der Waals surface area contributed by atoms with Crippen molar-refractivity contribution in [3.05, 3.63) is 230 Å². The average molecular weight is 771 g/mol. The van der Waals surface area contributed by atoms with Crippen molar-refractivity contribution >= 4 is 55.9 Å². The molecule has 0 N–H and O–H groups in total. The topological polar surface area (TPSA) is 24.3 Å². The predicted octanol–water partition coefficient (Wildman–Crippen LogP) is 15.1. The lowest BCUT2D eigenvalue weighted by molar-refractivity contribution is 0.662. The first kappa shape index (κ1) is 35.5. The van der Waals surface area contributed by atoms with Crippen LogP contribution in [0.2, 0.25) is 0 Å². The first-order valence-corrected chi connectivity index (χ1v) is 20.6. The van der Waals surface area contributed by atoms with Crippen LogP contribution < -0.4 is 9.80 Å². The molecule has 4 heteroatoms. The number of anilines is 6. The molecule has 0 spiro atoms. The van der Waals surface area contributed by atoms with Crippen molar-refractivity contribution in [2.75, 3.05) is 9.80 Å². The molecule has 4 nitrogen and oxygen atoms in total. The van der Waals surface area contributed by atoms with Gasteiger partial charge in [0.25, 0.3) is 0 Å². The molecule has 60 heavy (non-hydrogen) atoms. The molecule has 10 aromatic rings. The molecule has 1 aliphatic carbocycles. The van der Waals surface area contributed by atoms with Crippen LogP contribution >= 0.6 is 0 Å². The first-order chi connectivity index (χ1) is 29.5. The Morgan fingerprint density at radius 2 is 0.850 bits per heavy atom. The van der Waals surface area contributed by atoms with E-state index in [1.54, 1.807) is 0 Å². The van der Waals surface area contributed by atoms with E-state index < -0.39 is 0 Å². The third-order valence-electron chi connectivity index (χ3n) is 12.1. The normalized spacial score (nSPS) is 12.6. The Kier molecular flexibility index (Phi) is 8.45. The summed E-state index contributed by atoms with van der Waals surface area (Å²) in [4.78, 5) is 10.1. The molecule has 1 heterocycles. The van der Waals surface area contributed by atoms with Gasteiger partial charge < -0.3 is 9.80 Å². The summed E-state index contributed by atoms with van der Waals surface area (Å²) < 4.78 is 2.33. The highest BCUT2D eigenvalue weighted by Crippen LogP contribution is 2.51. The van der Waals surface area contributed by atoms with Crippen LogP contribution in [0.4, 0.5) is 34.1 Å². The molecule has 0 fully saturated rings. The molecule has 11 rings (SSSR count). The van der Waals surface area contributed by atoms with Gasteiger partial charge in [0.1, 0.15) is 5.82 Å². The van der Waals surface area contributed by atoms with Crippen molar-refractivity contribution in [3.8, 4) is 28.2 Å². The largest absolute Gasteiger partial charge is 0.310 e. The second-order valence-corrected chi connectivity index (χ2v) is 16.1. The molecule has 0 radical (unpaired) electrons. The molecule has 0 unspecified atom stereocenters. The van der Waals surface area contributed by atoms with E-state index in [0.29, 0.717) is 0 Å². The minimum atomic E-state index is -0.154. The van der Waals surface area contributed by atoms with E-state index in [-0.39, 0.29) is 5.41 Å². The van der Waals surface area contributed by atoms with Gasteiger partial charge in [-0.05, 0) is 148 Å². The zero-order valence-corrected chi connectivity index (χ0v) is 33.6. The van der Waals surface area contributed by atoms with Crippen LogP contribution in [0.1, 0.15) is 25.0 Å². The van der Waals surface area contributed by atoms with Gasteiger partial charge in [-0.2, -0.15) is 0 Å². The van der Waals surface area contributed by atoms with Gasteiger partial charge in [0.05, 0.1) is 11.0 Å². The first-order valence-electron chi connectivity index (χ1n) is 20.6. The van der Waals surface area contributed by atoms with Crippen LogP contribution in [0.3, 0.4) is 0 Å². The van der Waals surface area contributed by atoms with E-state index in [9.17, 15) is 0 Å². The van der Waals surface area contributed by atoms with Crippen LogP contribution in [-0.4, -0.2) is 9.55 Å². The van der Waals surface area contributed by atoms with E-state index >= 15 is 0 Å². The maximum Gasteiger partial charge on any atom is 0.145 e. The smallest absolute Gasteiger partial charge is 0.145 e. The maximum absolute atomic E-state index is 5.44. The number of hydrogen-bond donors (Lipinski definition) is 0. The zero-order chi connectivity index (χ0) is 40.2. The lowest BCUT2D eigenvalue weighted by Gasteiger charge is -2.29. The summed E-state index contributed by atoms with van der Waals surface area (Å²) in [5.74, 6) is 0.914. The molecule has 1 aromatic heterocycles. The van der Waals surface area contributed by atoms with Crippen molar-refractivity contribution in [3.63, 3.8) is 0 Å². The van der Waals surface area contributed by atoms with E-state index in [4.69, 9.17) is 4.98 Å². The highest BCUT2D eigenvalue weighted by Gasteiger charge is 2.37. The minimum absolute atomic E-state index is 0.154. The second kappa shape index (κ2) is 14.3. The van der Waals surface area contributed by atoms with Gasteiger partial charge in [-0.25, -0.2) is 4.98 Å². The Morgan fingerprint density at radius 3 is 1.42 bits per heavy atom. The summed E-state index contributed by atoms with van der Waals surface area (Å²) >= 11 is 0. The van der Waals surface area contributed by atoms with Crippen LogP contribution in [-0.2, 0) is 5.41 Å². The number of rotatable bonds is 8. The Hall–Kier alpha value is -7.69. The standard InChI is InChI=1S/C56H42N4/c1-56(2)51-35-41-19-16-15-18-40(41)34-49(51)50-37-54-53(38-52(50)56)57-55(60(54)45-26-13-6-14-27-45)39-30-32-46(33-31-39)59(44-24-11-5-12-25-44)48-29-17-28-47(36-48)58(42-20-7-3-8-21-42)43-22-9-4-10-23-43/h3-38H,1-2H3. The van der Waals surface area contributed by atoms with Gasteiger partial charge in [0.15, 0.2) is 0 Å². The minimum Gasteiger partial charge on any atom is -0.310 e. The molecule has 0 bridgehead atoms. The fourth-order valence-corrected chi connectivity index (χ4v) is 9.18. The molecular formula is C56H42N4. The number of aromatic nitrogens is 2. The van der Waals surface area contributed by atoms with E-state index in [1.165, 1.54) is 33.0 Å². The Labute approximate surface area is 350 Å². The van der Waals surface area contributed by atoms with Gasteiger partial charge in [-0.3, -0.25) is 4.57 Å². The molecular weight excluding hydrogens is 729 g/mol. The van der Waals surface area contributed by atoms with Crippen molar-refractivity contribution < 1.29 is 0 Å². The summed E-state index contributed by atoms with van der Waals surface area (Å²) in [5.41, 5.74) is 15.8. The summed E-state index contributed by atoms with van der Waals surface area (Å²) in [6, 6.07) is 78.2. The molecule has 0 atom stereocenters. The number of fused-ring (bicyclic) bond motifs is 5. The van der Waals surface area contributed by atoms with Crippen LogP contribution in [0, 0.1) is 0 Å². The quantitative estimate of drug-likeness (QED) is 0.154. The summed E-state index contributed by atoms with van der Waals surface area (Å²) in [7, 11) is 0. The van der Waals surface area contributed by atoms with Gasteiger partial charge in [-0.1, -0.05) is 117 Å². The summed E-state index contributed by atoms with van der Waals surface area (Å²) in [6.45, 7) is 4.70. The molecule has 0 saturated carbocycles. The SMILES string of the molecule is CC1(C)c2cc3ccccc3cc2-c2cc3c(cc21)nc(-c1ccc(N(c2ccccc2)c2cccc(N(c4ccccc4)c4ccccc4)c2)cc1)n3-c1ccccc1. The average Bonchev–Trinajstić information content (AvgIpc) is 3.78. The van der Waals surface area contributed by atoms with Gasteiger partial charge in [-0.15, -0.1) is 0 Å². The Morgan fingerprint density at radius 1 is 0.400 bits per heavy atom. The summed E-state index contributed by atoms with van der Waals surface area (Å²) in [6.07, 6.45) is 0. The highest BCUT2D eigenvalue weighted by molar-refractivity contribution is 5.98. The van der Waals surface area contributed by atoms with Crippen LogP contribution in [0.5, 0.6) is 0 Å². The third-order valence-corrected chi connectivity index (χ3v) is 12.1. The predicted molar refractivity (Wildman–Crippen MR) is 251 cm³/mol. The fraction of sp³-hybridized carbons (Fsp3) is 0.0536. The number of benzene rings is 9. The van der Waals surface area contributed by atoms with Crippen LogP contribution in [0.15, 0.2) is 218 Å². The maximum atomic E-state index is 5.44. The van der Waals surface area contributed by atoms with Gasteiger partial charge in [0, 0.05) is 50.8 Å². The van der Waals surface area contributed by atoms with E-state index in [2.05, 4.69) is 247 Å². The molecule has 1 aliphatic rings. The molecule has 286 valence electrons. The number of hydrogen-bond acceptors (Lipinski definition) is 3. The highest BCUT2D eigenvalue weighted by atomic mass is 15.2. The number of nitrogens with zero attached hydrogens (tertiary/aromatic N) is 4. The lowest BCUT2D eigenvalue weighted by Crippen LogP contribution is -2.14. The van der Waals surface area contributed by atoms with Crippen molar-refractivity contribution in [1.82, 2.24) is 9.55 Å². The monoisotopic (exact) mass is 770 g/mol. The van der Waals surface area contributed by atoms with Crippen molar-refractivity contribution in [2.24, 2.45) is 0 Å². The van der Waals surface area contributed by atoms with E-state index in [0.717, 1.165) is 62.2 Å². The summed E-state index contributed by atoms with van der Waals surface area (Å²) in [5, 5.41) is 2.54. The van der Waals surface area contributed by atoms with Crippen LogP contribution in [0.25, 0.3) is 50.0 Å². The van der Waals surface area contributed by atoms with Gasteiger partial charge in [0.2, 0.25) is 0 Å². The zero-order valence-electron chi connectivity index (χ0n) is 33.6.